The molecule has 8 heteroatoms. The van der Waals surface area contributed by atoms with Crippen molar-refractivity contribution >= 4 is 39.0 Å². The molecule has 3 nitrogen and oxygen atoms in total. The lowest BCUT2D eigenvalue weighted by Crippen LogP contribution is -2.00. The van der Waals surface area contributed by atoms with Gasteiger partial charge in [0.1, 0.15) is 10.7 Å². The second kappa shape index (κ2) is 5.99. The highest BCUT2D eigenvalue weighted by Gasteiger charge is 2.27. The second-order valence-corrected chi connectivity index (χ2v) is 6.27. The van der Waals surface area contributed by atoms with Crippen molar-refractivity contribution < 1.29 is 27.8 Å². The van der Waals surface area contributed by atoms with Gasteiger partial charge in [-0.1, -0.05) is 11.6 Å². The molecule has 0 atom stereocenters. The van der Waals surface area contributed by atoms with Gasteiger partial charge in [0, 0.05) is 21.2 Å². The molecule has 0 saturated carbocycles. The summed E-state index contributed by atoms with van der Waals surface area (Å²) in [7, 11) is 1.08. The average molecular weight is 373 g/mol. The highest BCUT2D eigenvalue weighted by molar-refractivity contribution is 7.21. The average Bonchev–Trinajstić information content (AvgIpc) is 2.86. The van der Waals surface area contributed by atoms with E-state index in [1.54, 1.807) is 0 Å². The largest absolute Gasteiger partial charge is 0.491 e. The van der Waals surface area contributed by atoms with Gasteiger partial charge in [-0.3, -0.25) is 0 Å². The molecule has 2 aromatic carbocycles. The van der Waals surface area contributed by atoms with E-state index in [1.165, 1.54) is 6.07 Å². The Morgan fingerprint density at radius 1 is 1.21 bits per heavy atom. The molecule has 0 fully saturated rings. The van der Waals surface area contributed by atoms with Crippen molar-refractivity contribution in [1.29, 1.82) is 0 Å². The summed E-state index contributed by atoms with van der Waals surface area (Å²) in [4.78, 5) is 11.3. The summed E-state index contributed by atoms with van der Waals surface area (Å²) in [6.45, 7) is 0. The summed E-state index contributed by atoms with van der Waals surface area (Å²) in [5.74, 6) is -4.69. The van der Waals surface area contributed by atoms with Crippen LogP contribution in [0.4, 0.5) is 13.2 Å². The Hall–Kier alpha value is -2.25. The maximum absolute atomic E-state index is 14.7. The number of rotatable bonds is 3. The van der Waals surface area contributed by atoms with Crippen LogP contribution in [-0.2, 0) is 0 Å². The first-order valence-electron chi connectivity index (χ1n) is 6.52. The summed E-state index contributed by atoms with van der Waals surface area (Å²) in [5, 5.41) is 9.40. The molecule has 0 spiro atoms. The molecule has 0 unspecified atom stereocenters. The van der Waals surface area contributed by atoms with Gasteiger partial charge in [0.05, 0.1) is 12.1 Å². The number of thiophene rings is 1. The van der Waals surface area contributed by atoms with E-state index < -0.39 is 29.2 Å². The monoisotopic (exact) mass is 372 g/mol. The zero-order chi connectivity index (χ0) is 17.6. The van der Waals surface area contributed by atoms with Gasteiger partial charge in [-0.05, 0) is 24.3 Å². The van der Waals surface area contributed by atoms with Crippen LogP contribution in [0, 0.1) is 17.5 Å². The molecular formula is C16H8ClF3O3S. The van der Waals surface area contributed by atoms with Gasteiger partial charge in [-0.15, -0.1) is 11.3 Å². The van der Waals surface area contributed by atoms with Crippen LogP contribution in [0.5, 0.6) is 5.75 Å². The van der Waals surface area contributed by atoms with Crippen LogP contribution in [0.15, 0.2) is 24.3 Å². The van der Waals surface area contributed by atoms with Crippen LogP contribution in [0.25, 0.3) is 21.2 Å². The lowest BCUT2D eigenvalue weighted by atomic mass is 10.0. The van der Waals surface area contributed by atoms with Gasteiger partial charge in [-0.25, -0.2) is 18.0 Å². The molecule has 0 bridgehead atoms. The molecule has 24 heavy (non-hydrogen) atoms. The Bertz CT molecular complexity index is 985. The minimum Gasteiger partial charge on any atom is -0.491 e. The number of fused-ring (bicyclic) bond motifs is 1. The second-order valence-electron chi connectivity index (χ2n) is 4.81. The zero-order valence-electron chi connectivity index (χ0n) is 12.0. The smallest absolute Gasteiger partial charge is 0.346 e. The Kier molecular flexibility index (Phi) is 4.15. The number of carboxylic acid groups (broad SMARTS) is 1. The molecule has 0 aliphatic carbocycles. The minimum atomic E-state index is -1.33. The summed E-state index contributed by atoms with van der Waals surface area (Å²) in [6, 6.07) is 4.44. The number of ether oxygens (including phenoxy) is 1. The first kappa shape index (κ1) is 16.6. The third-order valence-electron chi connectivity index (χ3n) is 3.43. The van der Waals surface area contributed by atoms with Crippen LogP contribution in [0.1, 0.15) is 9.67 Å². The molecule has 3 aromatic rings. The fraction of sp³-hybridized carbons (Fsp3) is 0.0625. The fourth-order valence-electron chi connectivity index (χ4n) is 2.46. The predicted octanol–water partition coefficient (Wildman–Crippen LogP) is 5.35. The van der Waals surface area contributed by atoms with E-state index in [2.05, 4.69) is 4.74 Å². The van der Waals surface area contributed by atoms with E-state index in [0.29, 0.717) is 10.1 Å². The van der Waals surface area contributed by atoms with Crippen molar-refractivity contribution in [2.75, 3.05) is 7.11 Å². The summed E-state index contributed by atoms with van der Waals surface area (Å²) in [6.07, 6.45) is 0. The van der Waals surface area contributed by atoms with E-state index in [-0.39, 0.29) is 21.0 Å². The Labute approximate surface area is 142 Å². The van der Waals surface area contributed by atoms with Gasteiger partial charge in [0.25, 0.3) is 0 Å². The molecule has 1 aromatic heterocycles. The first-order valence-corrected chi connectivity index (χ1v) is 7.71. The van der Waals surface area contributed by atoms with Gasteiger partial charge in [0.2, 0.25) is 0 Å². The summed E-state index contributed by atoms with van der Waals surface area (Å²) in [5.41, 5.74) is -0.339. The number of methoxy groups -OCH3 is 1. The molecule has 1 heterocycles. The van der Waals surface area contributed by atoms with Crippen LogP contribution in [0.2, 0.25) is 5.02 Å². The Balaban J connectivity index is 2.46. The third kappa shape index (κ3) is 2.50. The summed E-state index contributed by atoms with van der Waals surface area (Å²) < 4.78 is 46.8. The number of carbonyl (C=O) groups is 1. The van der Waals surface area contributed by atoms with Crippen LogP contribution < -0.4 is 4.74 Å². The molecule has 0 amide bonds. The number of benzene rings is 2. The van der Waals surface area contributed by atoms with Crippen molar-refractivity contribution in [3.05, 3.63) is 51.6 Å². The quantitative estimate of drug-likeness (QED) is 0.674. The van der Waals surface area contributed by atoms with E-state index >= 15 is 0 Å². The van der Waals surface area contributed by atoms with Crippen molar-refractivity contribution in [1.82, 2.24) is 0 Å². The van der Waals surface area contributed by atoms with Gasteiger partial charge in [-0.2, -0.15) is 0 Å². The number of hydrogen-bond acceptors (Lipinski definition) is 3. The van der Waals surface area contributed by atoms with Gasteiger partial charge >= 0.3 is 5.97 Å². The van der Waals surface area contributed by atoms with Crippen molar-refractivity contribution in [2.24, 2.45) is 0 Å². The maximum atomic E-state index is 14.7. The predicted molar refractivity (Wildman–Crippen MR) is 85.7 cm³/mol. The highest BCUT2D eigenvalue weighted by Crippen LogP contribution is 2.45. The van der Waals surface area contributed by atoms with Gasteiger partial charge in [0.15, 0.2) is 17.4 Å². The molecule has 0 aliphatic heterocycles. The Morgan fingerprint density at radius 2 is 1.92 bits per heavy atom. The SMILES string of the molecule is COc1c(F)cc(Cl)c(-c2c(C(=O)O)sc3cc(F)ccc23)c1F. The molecule has 3 rings (SSSR count). The zero-order valence-corrected chi connectivity index (χ0v) is 13.6. The molecular weight excluding hydrogens is 365 g/mol. The first-order chi connectivity index (χ1) is 11.3. The molecule has 1 N–H and O–H groups in total. The lowest BCUT2D eigenvalue weighted by molar-refractivity contribution is 0.0703. The molecule has 124 valence electrons. The van der Waals surface area contributed by atoms with E-state index in [0.717, 1.165) is 36.6 Å². The fourth-order valence-corrected chi connectivity index (χ4v) is 3.80. The summed E-state index contributed by atoms with van der Waals surface area (Å²) >= 11 is 6.74. The Morgan fingerprint density at radius 3 is 2.54 bits per heavy atom. The van der Waals surface area contributed by atoms with Crippen molar-refractivity contribution in [3.8, 4) is 16.9 Å². The van der Waals surface area contributed by atoms with E-state index in [1.807, 2.05) is 0 Å². The normalized spacial score (nSPS) is 11.0. The van der Waals surface area contributed by atoms with Crippen LogP contribution in [0.3, 0.4) is 0 Å². The van der Waals surface area contributed by atoms with Gasteiger partial charge < -0.3 is 9.84 Å². The highest BCUT2D eigenvalue weighted by atomic mass is 35.5. The molecule has 0 saturated heterocycles. The van der Waals surface area contributed by atoms with Crippen LogP contribution >= 0.6 is 22.9 Å². The number of carboxylic acids is 1. The third-order valence-corrected chi connectivity index (χ3v) is 4.87. The minimum absolute atomic E-state index is 0.0386. The van der Waals surface area contributed by atoms with Crippen molar-refractivity contribution in [3.63, 3.8) is 0 Å². The molecule has 0 radical (unpaired) electrons. The number of aromatic carboxylic acids is 1. The van der Waals surface area contributed by atoms with Crippen LogP contribution in [-0.4, -0.2) is 18.2 Å². The topological polar surface area (TPSA) is 46.5 Å². The number of halogens is 4. The standard InChI is InChI=1S/C16H8ClF3O3S/c1-23-14-9(19)5-8(17)12(13(14)20)11-7-3-2-6(18)4-10(7)24-15(11)16(21)22/h2-5H,1H3,(H,21,22). The van der Waals surface area contributed by atoms with E-state index in [9.17, 15) is 23.1 Å². The molecule has 0 aliphatic rings. The maximum Gasteiger partial charge on any atom is 0.346 e. The lowest BCUT2D eigenvalue weighted by Gasteiger charge is -2.11. The number of hydrogen-bond donors (Lipinski definition) is 1. The van der Waals surface area contributed by atoms with E-state index in [4.69, 9.17) is 11.6 Å². The van der Waals surface area contributed by atoms with Crippen molar-refractivity contribution in [2.45, 2.75) is 0 Å².